The van der Waals surface area contributed by atoms with Crippen LogP contribution in [0.5, 0.6) is 0 Å². The van der Waals surface area contributed by atoms with Gasteiger partial charge in [-0.1, -0.05) is 6.07 Å². The zero-order valence-electron chi connectivity index (χ0n) is 12.0. The number of piperidine rings is 1. The van der Waals surface area contributed by atoms with Crippen molar-refractivity contribution in [2.45, 2.75) is 37.5 Å². The Hall–Kier alpha value is -2.25. The van der Waals surface area contributed by atoms with E-state index < -0.39 is 23.8 Å². The number of nitrogens with one attached hydrogen (secondary N) is 1. The van der Waals surface area contributed by atoms with Crippen molar-refractivity contribution < 1.29 is 22.8 Å². The molecular weight excluding hydrogens is 311 g/mol. The van der Waals surface area contributed by atoms with Gasteiger partial charge in [0.1, 0.15) is 6.04 Å². The summed E-state index contributed by atoms with van der Waals surface area (Å²) in [4.78, 5) is 26.5. The third-order valence-electron chi connectivity index (χ3n) is 4.93. The van der Waals surface area contributed by atoms with Crippen LogP contribution in [0.15, 0.2) is 24.3 Å². The quantitative estimate of drug-likeness (QED) is 0.863. The molecule has 4 rings (SSSR count). The van der Waals surface area contributed by atoms with Crippen molar-refractivity contribution in [2.75, 3.05) is 5.01 Å². The van der Waals surface area contributed by atoms with Gasteiger partial charge in [0.15, 0.2) is 0 Å². The highest BCUT2D eigenvalue weighted by Gasteiger charge is 2.55. The van der Waals surface area contributed by atoms with Gasteiger partial charge >= 0.3 is 12.2 Å². The molecule has 1 N–H and O–H groups in total. The fraction of sp³-hybridized carbons (Fsp3) is 0.467. The third kappa shape index (κ3) is 2.08. The number of anilines is 1. The number of benzene rings is 1. The summed E-state index contributed by atoms with van der Waals surface area (Å²) in [6, 6.07) is 3.51. The third-order valence-corrected chi connectivity index (χ3v) is 4.93. The number of hydrogen-bond acceptors (Lipinski definition) is 2. The Morgan fingerprint density at radius 3 is 2.70 bits per heavy atom. The predicted octanol–water partition coefficient (Wildman–Crippen LogP) is 2.53. The molecule has 1 aliphatic carbocycles. The molecule has 2 bridgehead atoms. The van der Waals surface area contributed by atoms with E-state index in [9.17, 15) is 22.8 Å². The van der Waals surface area contributed by atoms with Gasteiger partial charge in [0, 0.05) is 6.04 Å². The second kappa shape index (κ2) is 4.62. The summed E-state index contributed by atoms with van der Waals surface area (Å²) in [7, 11) is 0. The minimum Gasteiger partial charge on any atom is -0.308 e. The SMILES string of the molecule is O=C1C2[C@@H]3CC[C@@H](C3)N2C(=O)NN1c1cccc(C(F)(F)F)c1. The number of hydrazine groups is 1. The number of carbonyl (C=O) groups excluding carboxylic acids is 2. The first kappa shape index (κ1) is 14.3. The largest absolute Gasteiger partial charge is 0.416 e. The van der Waals surface area contributed by atoms with Crippen LogP contribution < -0.4 is 10.4 Å². The number of nitrogens with zero attached hydrogens (tertiary/aromatic N) is 2. The van der Waals surface area contributed by atoms with Gasteiger partial charge in [0.2, 0.25) is 0 Å². The first-order valence-electron chi connectivity index (χ1n) is 7.46. The maximum atomic E-state index is 12.8. The van der Waals surface area contributed by atoms with Gasteiger partial charge in [-0.25, -0.2) is 15.2 Å². The minimum atomic E-state index is -4.50. The lowest BCUT2D eigenvalue weighted by Gasteiger charge is -2.42. The van der Waals surface area contributed by atoms with Crippen molar-refractivity contribution in [3.63, 3.8) is 0 Å². The van der Waals surface area contributed by atoms with Crippen LogP contribution in [-0.2, 0) is 11.0 Å². The highest BCUT2D eigenvalue weighted by molar-refractivity contribution is 6.04. The van der Waals surface area contributed by atoms with E-state index in [1.54, 1.807) is 4.90 Å². The summed E-state index contributed by atoms with van der Waals surface area (Å²) in [5, 5.41) is 0.958. The molecule has 23 heavy (non-hydrogen) atoms. The normalized spacial score (nSPS) is 29.8. The summed E-state index contributed by atoms with van der Waals surface area (Å²) in [6.45, 7) is 0. The molecule has 3 fully saturated rings. The number of alkyl halides is 3. The van der Waals surface area contributed by atoms with Crippen LogP contribution >= 0.6 is 0 Å². The minimum absolute atomic E-state index is 0.0283. The average molecular weight is 325 g/mol. The molecule has 0 radical (unpaired) electrons. The molecular formula is C15H14F3N3O2. The van der Waals surface area contributed by atoms with Crippen molar-refractivity contribution in [1.82, 2.24) is 10.3 Å². The molecule has 3 amide bonds. The highest BCUT2D eigenvalue weighted by Crippen LogP contribution is 2.44. The monoisotopic (exact) mass is 325 g/mol. The number of carbonyl (C=O) groups is 2. The Kier molecular flexibility index (Phi) is 2.88. The molecule has 0 spiro atoms. The Morgan fingerprint density at radius 2 is 1.96 bits per heavy atom. The second-order valence-corrected chi connectivity index (χ2v) is 6.22. The number of fused-ring (bicyclic) bond motifs is 5. The van der Waals surface area contributed by atoms with Gasteiger partial charge in [-0.3, -0.25) is 4.79 Å². The number of urea groups is 1. The van der Waals surface area contributed by atoms with Crippen molar-refractivity contribution in [3.8, 4) is 0 Å². The van der Waals surface area contributed by atoms with Crippen LogP contribution in [0, 0.1) is 5.92 Å². The van der Waals surface area contributed by atoms with Crippen LogP contribution in [0.2, 0.25) is 0 Å². The van der Waals surface area contributed by atoms with E-state index >= 15 is 0 Å². The van der Waals surface area contributed by atoms with Crippen LogP contribution in [0.3, 0.4) is 0 Å². The van der Waals surface area contributed by atoms with Crippen LogP contribution in [0.1, 0.15) is 24.8 Å². The predicted molar refractivity (Wildman–Crippen MR) is 74.2 cm³/mol. The first-order chi connectivity index (χ1) is 10.9. The van der Waals surface area contributed by atoms with Crippen LogP contribution in [0.4, 0.5) is 23.7 Å². The maximum absolute atomic E-state index is 12.8. The number of hydrogen-bond donors (Lipinski definition) is 1. The summed E-state index contributed by atoms with van der Waals surface area (Å²) in [5.74, 6) is -0.261. The lowest BCUT2D eigenvalue weighted by molar-refractivity contribution is -0.137. The lowest BCUT2D eigenvalue weighted by atomic mass is 9.97. The molecule has 3 atom stereocenters. The van der Waals surface area contributed by atoms with Crippen molar-refractivity contribution >= 4 is 17.6 Å². The van der Waals surface area contributed by atoms with Gasteiger partial charge < -0.3 is 4.90 Å². The van der Waals surface area contributed by atoms with E-state index in [2.05, 4.69) is 5.43 Å². The average Bonchev–Trinajstić information content (AvgIpc) is 3.11. The van der Waals surface area contributed by atoms with Gasteiger partial charge in [0.25, 0.3) is 5.91 Å². The fourth-order valence-electron chi connectivity index (χ4n) is 3.95. The molecule has 0 aromatic heterocycles. The van der Waals surface area contributed by atoms with Gasteiger partial charge in [-0.15, -0.1) is 0 Å². The van der Waals surface area contributed by atoms with Crippen LogP contribution in [-0.4, -0.2) is 28.9 Å². The Balaban J connectivity index is 1.68. The van der Waals surface area contributed by atoms with Crippen molar-refractivity contribution in [2.24, 2.45) is 5.92 Å². The van der Waals surface area contributed by atoms with E-state index in [0.717, 1.165) is 36.4 Å². The molecule has 2 heterocycles. The lowest BCUT2D eigenvalue weighted by Crippen LogP contribution is -2.67. The number of amides is 3. The second-order valence-electron chi connectivity index (χ2n) is 6.22. The Labute approximate surface area is 130 Å². The molecule has 2 saturated heterocycles. The summed E-state index contributed by atoms with van der Waals surface area (Å²) in [5.41, 5.74) is 1.59. The Bertz CT molecular complexity index is 691. The smallest absolute Gasteiger partial charge is 0.308 e. The molecule has 1 aromatic carbocycles. The standard InChI is InChI=1S/C15H14F3N3O2/c16-15(17,18)9-2-1-3-11(7-9)21-13(22)12-8-4-5-10(6-8)20(12)14(23)19-21/h1-3,7-8,10,12H,4-6H2,(H,19,23)/t8-,10+,12?/m1/s1. The van der Waals surface area contributed by atoms with E-state index in [4.69, 9.17) is 0 Å². The Morgan fingerprint density at radius 1 is 1.17 bits per heavy atom. The summed E-state index contributed by atoms with van der Waals surface area (Å²) < 4.78 is 38.5. The summed E-state index contributed by atoms with van der Waals surface area (Å²) in [6.07, 6.45) is -1.95. The van der Waals surface area contributed by atoms with Crippen molar-refractivity contribution in [3.05, 3.63) is 29.8 Å². The molecule has 3 aliphatic rings. The maximum Gasteiger partial charge on any atom is 0.416 e. The van der Waals surface area contributed by atoms with E-state index in [0.29, 0.717) is 0 Å². The van der Waals surface area contributed by atoms with Gasteiger partial charge in [-0.05, 0) is 43.4 Å². The highest BCUT2D eigenvalue weighted by atomic mass is 19.4. The number of rotatable bonds is 1. The van der Waals surface area contributed by atoms with Crippen LogP contribution in [0.25, 0.3) is 0 Å². The molecule has 1 aromatic rings. The van der Waals surface area contributed by atoms with Crippen molar-refractivity contribution in [1.29, 1.82) is 0 Å². The first-order valence-corrected chi connectivity index (χ1v) is 7.46. The molecule has 122 valence electrons. The fourth-order valence-corrected chi connectivity index (χ4v) is 3.95. The van der Waals surface area contributed by atoms with Gasteiger partial charge in [0.05, 0.1) is 11.3 Å². The summed E-state index contributed by atoms with van der Waals surface area (Å²) >= 11 is 0. The molecule has 1 saturated carbocycles. The molecule has 2 aliphatic heterocycles. The van der Waals surface area contributed by atoms with E-state index in [1.165, 1.54) is 12.1 Å². The molecule has 5 nitrogen and oxygen atoms in total. The van der Waals surface area contributed by atoms with E-state index in [-0.39, 0.29) is 23.6 Å². The van der Waals surface area contributed by atoms with Gasteiger partial charge in [-0.2, -0.15) is 13.2 Å². The topological polar surface area (TPSA) is 52.7 Å². The zero-order chi connectivity index (χ0) is 16.4. The molecule has 8 heteroatoms. The number of halogens is 3. The van der Waals surface area contributed by atoms with E-state index in [1.807, 2.05) is 0 Å². The zero-order valence-corrected chi connectivity index (χ0v) is 12.0. The molecule has 1 unspecified atom stereocenters.